The second kappa shape index (κ2) is 10.0. The molecular weight excluding hydrogens is 364 g/mol. The Bertz CT molecular complexity index is 782. The highest BCUT2D eigenvalue weighted by Crippen LogP contribution is 2.22. The summed E-state index contributed by atoms with van der Waals surface area (Å²) in [5.74, 6) is 0.797. The highest BCUT2D eigenvalue weighted by Gasteiger charge is 2.21. The quantitative estimate of drug-likeness (QED) is 0.777. The van der Waals surface area contributed by atoms with E-state index < -0.39 is 0 Å². The van der Waals surface area contributed by atoms with Crippen molar-refractivity contribution < 1.29 is 9.53 Å². The number of para-hydroxylation sites is 1. The highest BCUT2D eigenvalue weighted by molar-refractivity contribution is 5.74. The first-order valence-electron chi connectivity index (χ1n) is 10.4. The van der Waals surface area contributed by atoms with Crippen molar-refractivity contribution in [1.29, 1.82) is 0 Å². The highest BCUT2D eigenvalue weighted by atomic mass is 16.5. The first-order chi connectivity index (χ1) is 14.2. The second-order valence-corrected chi connectivity index (χ2v) is 7.13. The van der Waals surface area contributed by atoms with E-state index in [2.05, 4.69) is 53.2 Å². The number of amides is 2. The molecule has 0 aliphatic carbocycles. The predicted octanol–water partition coefficient (Wildman–Crippen LogP) is 3.57. The Morgan fingerprint density at radius 2 is 1.66 bits per heavy atom. The third-order valence-electron chi connectivity index (χ3n) is 5.53. The number of piperazine rings is 1. The van der Waals surface area contributed by atoms with E-state index in [0.717, 1.165) is 50.6 Å². The zero-order valence-electron chi connectivity index (χ0n) is 17.7. The smallest absolute Gasteiger partial charge is 0.317 e. The van der Waals surface area contributed by atoms with Crippen LogP contribution in [0.4, 0.5) is 16.2 Å². The molecule has 1 aliphatic rings. The van der Waals surface area contributed by atoms with E-state index in [9.17, 15) is 4.79 Å². The van der Waals surface area contributed by atoms with Crippen molar-refractivity contribution in [3.05, 3.63) is 54.1 Å². The third-order valence-corrected chi connectivity index (χ3v) is 5.53. The van der Waals surface area contributed by atoms with Gasteiger partial charge in [0.1, 0.15) is 5.75 Å². The lowest BCUT2D eigenvalue weighted by Gasteiger charge is -2.36. The molecule has 1 N–H and O–H groups in total. The Balaban J connectivity index is 1.50. The molecule has 2 aromatic carbocycles. The molecule has 1 aliphatic heterocycles. The van der Waals surface area contributed by atoms with Gasteiger partial charge >= 0.3 is 6.03 Å². The van der Waals surface area contributed by atoms with E-state index in [0.29, 0.717) is 6.54 Å². The zero-order chi connectivity index (χ0) is 20.6. The van der Waals surface area contributed by atoms with Gasteiger partial charge in [-0.2, -0.15) is 0 Å². The summed E-state index contributed by atoms with van der Waals surface area (Å²) < 4.78 is 5.35. The van der Waals surface area contributed by atoms with Gasteiger partial charge in [-0.25, -0.2) is 4.79 Å². The van der Waals surface area contributed by atoms with Gasteiger partial charge in [0.05, 0.1) is 7.11 Å². The third kappa shape index (κ3) is 5.13. The summed E-state index contributed by atoms with van der Waals surface area (Å²) in [7, 11) is 1.65. The topological polar surface area (TPSA) is 48.0 Å². The van der Waals surface area contributed by atoms with Crippen LogP contribution in [0.2, 0.25) is 0 Å². The molecule has 1 heterocycles. The molecule has 0 saturated carbocycles. The van der Waals surface area contributed by atoms with Gasteiger partial charge in [-0.3, -0.25) is 0 Å². The molecule has 1 saturated heterocycles. The van der Waals surface area contributed by atoms with Gasteiger partial charge in [-0.1, -0.05) is 18.2 Å². The number of ether oxygens (including phenoxy) is 1. The molecule has 0 radical (unpaired) electrons. The molecule has 0 aromatic heterocycles. The van der Waals surface area contributed by atoms with Gasteiger partial charge < -0.3 is 24.8 Å². The average Bonchev–Trinajstić information content (AvgIpc) is 2.79. The van der Waals surface area contributed by atoms with Crippen molar-refractivity contribution in [3.63, 3.8) is 0 Å². The molecule has 0 spiro atoms. The van der Waals surface area contributed by atoms with Crippen molar-refractivity contribution in [1.82, 2.24) is 10.2 Å². The van der Waals surface area contributed by atoms with E-state index in [1.807, 2.05) is 29.2 Å². The summed E-state index contributed by atoms with van der Waals surface area (Å²) in [5.41, 5.74) is 3.46. The van der Waals surface area contributed by atoms with Gasteiger partial charge in [0.15, 0.2) is 0 Å². The number of anilines is 2. The van der Waals surface area contributed by atoms with Crippen LogP contribution in [0.3, 0.4) is 0 Å². The molecule has 2 aromatic rings. The zero-order valence-corrected chi connectivity index (χ0v) is 17.7. The number of hydrogen-bond donors (Lipinski definition) is 1. The van der Waals surface area contributed by atoms with Crippen LogP contribution in [0.15, 0.2) is 48.5 Å². The summed E-state index contributed by atoms with van der Waals surface area (Å²) in [4.78, 5) is 19.1. The van der Waals surface area contributed by atoms with Crippen LogP contribution >= 0.6 is 0 Å². The van der Waals surface area contributed by atoms with E-state index >= 15 is 0 Å². The molecule has 6 nitrogen and oxygen atoms in total. The van der Waals surface area contributed by atoms with Crippen LogP contribution in [0.1, 0.15) is 19.4 Å². The lowest BCUT2D eigenvalue weighted by Crippen LogP contribution is -2.51. The lowest BCUT2D eigenvalue weighted by molar-refractivity contribution is 0.194. The fourth-order valence-corrected chi connectivity index (χ4v) is 3.76. The monoisotopic (exact) mass is 396 g/mol. The van der Waals surface area contributed by atoms with Crippen LogP contribution in [-0.2, 0) is 6.54 Å². The minimum atomic E-state index is -0.0209. The van der Waals surface area contributed by atoms with Gasteiger partial charge in [-0.15, -0.1) is 0 Å². The van der Waals surface area contributed by atoms with E-state index in [1.165, 1.54) is 11.4 Å². The van der Waals surface area contributed by atoms with E-state index in [4.69, 9.17) is 4.74 Å². The molecule has 2 amide bonds. The molecule has 1 fully saturated rings. The molecule has 29 heavy (non-hydrogen) atoms. The number of rotatable bonds is 7. The molecule has 0 atom stereocenters. The van der Waals surface area contributed by atoms with Crippen molar-refractivity contribution in [2.45, 2.75) is 20.4 Å². The Morgan fingerprint density at radius 3 is 2.28 bits per heavy atom. The maximum absolute atomic E-state index is 12.5. The molecule has 156 valence electrons. The summed E-state index contributed by atoms with van der Waals surface area (Å²) in [6, 6.07) is 16.5. The van der Waals surface area contributed by atoms with Gasteiger partial charge in [0, 0.05) is 62.8 Å². The van der Waals surface area contributed by atoms with Crippen LogP contribution in [0.25, 0.3) is 0 Å². The average molecular weight is 397 g/mol. The van der Waals surface area contributed by atoms with E-state index in [1.54, 1.807) is 7.11 Å². The minimum Gasteiger partial charge on any atom is -0.496 e. The van der Waals surface area contributed by atoms with Crippen molar-refractivity contribution in [2.75, 3.05) is 56.2 Å². The first kappa shape index (κ1) is 20.8. The van der Waals surface area contributed by atoms with Crippen LogP contribution < -0.4 is 19.9 Å². The number of nitrogens with one attached hydrogen (secondary N) is 1. The van der Waals surface area contributed by atoms with Gasteiger partial charge in [-0.05, 0) is 44.2 Å². The molecule has 3 rings (SSSR count). The number of nitrogens with zero attached hydrogens (tertiary/aromatic N) is 3. The number of urea groups is 1. The molecular formula is C23H32N4O2. The SMILES string of the molecule is CCN(CC)c1ccc(N2CCN(C(=O)NCc3ccccc3OC)CC2)cc1. The predicted molar refractivity (Wildman–Crippen MR) is 119 cm³/mol. The largest absolute Gasteiger partial charge is 0.496 e. The maximum atomic E-state index is 12.5. The van der Waals surface area contributed by atoms with Crippen LogP contribution in [0, 0.1) is 0 Å². The Morgan fingerprint density at radius 1 is 1.00 bits per heavy atom. The van der Waals surface area contributed by atoms with Crippen LogP contribution in [-0.4, -0.2) is 57.3 Å². The molecule has 0 unspecified atom stereocenters. The molecule has 0 bridgehead atoms. The first-order valence-corrected chi connectivity index (χ1v) is 10.4. The van der Waals surface area contributed by atoms with Crippen LogP contribution in [0.5, 0.6) is 5.75 Å². The van der Waals surface area contributed by atoms with Gasteiger partial charge in [0.25, 0.3) is 0 Å². The number of hydrogen-bond acceptors (Lipinski definition) is 4. The summed E-state index contributed by atoms with van der Waals surface area (Å²) >= 11 is 0. The summed E-state index contributed by atoms with van der Waals surface area (Å²) in [6.07, 6.45) is 0. The summed E-state index contributed by atoms with van der Waals surface area (Å²) in [6.45, 7) is 9.96. The normalized spacial score (nSPS) is 13.9. The number of carbonyl (C=O) groups excluding carboxylic acids is 1. The fourth-order valence-electron chi connectivity index (χ4n) is 3.76. The Hall–Kier alpha value is -2.89. The lowest BCUT2D eigenvalue weighted by atomic mass is 10.2. The maximum Gasteiger partial charge on any atom is 0.317 e. The molecule has 6 heteroatoms. The standard InChI is InChI=1S/C23H32N4O2/c1-4-25(5-2)20-10-12-21(13-11-20)26-14-16-27(17-15-26)23(28)24-18-19-8-6-7-9-22(19)29-3/h6-13H,4-5,14-18H2,1-3H3,(H,24,28). The van der Waals surface area contributed by atoms with Crippen molar-refractivity contribution in [2.24, 2.45) is 0 Å². The Labute approximate surface area is 174 Å². The Kier molecular flexibility index (Phi) is 7.22. The van der Waals surface area contributed by atoms with Crippen molar-refractivity contribution >= 4 is 17.4 Å². The number of methoxy groups -OCH3 is 1. The van der Waals surface area contributed by atoms with E-state index in [-0.39, 0.29) is 6.03 Å². The second-order valence-electron chi connectivity index (χ2n) is 7.13. The number of benzene rings is 2. The summed E-state index contributed by atoms with van der Waals surface area (Å²) in [5, 5.41) is 3.01. The minimum absolute atomic E-state index is 0.0209. The van der Waals surface area contributed by atoms with Gasteiger partial charge in [0.2, 0.25) is 0 Å². The fraction of sp³-hybridized carbons (Fsp3) is 0.435. The van der Waals surface area contributed by atoms with Crippen molar-refractivity contribution in [3.8, 4) is 5.75 Å². The number of carbonyl (C=O) groups is 1.